The van der Waals surface area contributed by atoms with Crippen LogP contribution in [-0.4, -0.2) is 21.8 Å². The van der Waals surface area contributed by atoms with Gasteiger partial charge < -0.3 is 14.9 Å². The summed E-state index contributed by atoms with van der Waals surface area (Å²) in [6, 6.07) is 1.81. The average Bonchev–Trinajstić information content (AvgIpc) is 2.46. The van der Waals surface area contributed by atoms with Crippen molar-refractivity contribution in [1.29, 1.82) is 0 Å². The molecule has 1 aliphatic heterocycles. The SMILES string of the molecule is Cc1c(O)cc2c(c1C)O[C@](C)(CCCC(C)C(=O)O)CC2. The van der Waals surface area contributed by atoms with Crippen molar-refractivity contribution in [1.82, 2.24) is 0 Å². The smallest absolute Gasteiger partial charge is 0.306 e. The Morgan fingerprint density at radius 1 is 1.41 bits per heavy atom. The molecule has 0 fully saturated rings. The van der Waals surface area contributed by atoms with Crippen LogP contribution in [0.5, 0.6) is 11.5 Å². The topological polar surface area (TPSA) is 66.8 Å². The molecular formula is C18H26O4. The summed E-state index contributed by atoms with van der Waals surface area (Å²) in [7, 11) is 0. The molecule has 0 saturated carbocycles. The first-order valence-electron chi connectivity index (χ1n) is 7.97. The molecule has 1 unspecified atom stereocenters. The first-order valence-corrected chi connectivity index (χ1v) is 7.97. The number of aryl methyl sites for hydroxylation is 1. The fraction of sp³-hybridized carbons (Fsp3) is 0.611. The summed E-state index contributed by atoms with van der Waals surface area (Å²) < 4.78 is 6.27. The van der Waals surface area contributed by atoms with E-state index in [1.807, 2.05) is 19.9 Å². The van der Waals surface area contributed by atoms with Crippen LogP contribution in [-0.2, 0) is 11.2 Å². The maximum Gasteiger partial charge on any atom is 0.306 e. The van der Waals surface area contributed by atoms with E-state index in [4.69, 9.17) is 9.84 Å². The number of fused-ring (bicyclic) bond motifs is 1. The number of phenols is 1. The zero-order valence-electron chi connectivity index (χ0n) is 13.9. The Balaban J connectivity index is 2.07. The maximum atomic E-state index is 10.9. The predicted octanol–water partition coefficient (Wildman–Crippen LogP) is 3.98. The highest BCUT2D eigenvalue weighted by molar-refractivity contribution is 5.69. The van der Waals surface area contributed by atoms with Gasteiger partial charge in [-0.25, -0.2) is 0 Å². The number of carboxylic acids is 1. The van der Waals surface area contributed by atoms with Gasteiger partial charge in [0.15, 0.2) is 0 Å². The number of carbonyl (C=O) groups is 1. The molecule has 22 heavy (non-hydrogen) atoms. The van der Waals surface area contributed by atoms with Crippen molar-refractivity contribution in [3.05, 3.63) is 22.8 Å². The van der Waals surface area contributed by atoms with Crippen LogP contribution < -0.4 is 4.74 Å². The van der Waals surface area contributed by atoms with Gasteiger partial charge in [0.1, 0.15) is 17.1 Å². The molecule has 4 nitrogen and oxygen atoms in total. The van der Waals surface area contributed by atoms with E-state index in [0.29, 0.717) is 12.2 Å². The van der Waals surface area contributed by atoms with E-state index in [2.05, 4.69) is 6.92 Å². The number of ether oxygens (including phenoxy) is 1. The first-order chi connectivity index (χ1) is 10.2. The molecule has 0 aromatic heterocycles. The summed E-state index contributed by atoms with van der Waals surface area (Å²) in [6.45, 7) is 7.72. The minimum Gasteiger partial charge on any atom is -0.508 e. The van der Waals surface area contributed by atoms with Crippen molar-refractivity contribution in [2.75, 3.05) is 0 Å². The molecule has 1 aliphatic rings. The van der Waals surface area contributed by atoms with Gasteiger partial charge in [-0.15, -0.1) is 0 Å². The molecule has 0 spiro atoms. The highest BCUT2D eigenvalue weighted by Crippen LogP contribution is 2.41. The van der Waals surface area contributed by atoms with Crippen LogP contribution in [0.25, 0.3) is 0 Å². The number of phenolic OH excluding ortho intramolecular Hbond substituents is 1. The second-order valence-corrected chi connectivity index (χ2v) is 6.82. The average molecular weight is 306 g/mol. The summed E-state index contributed by atoms with van der Waals surface area (Å²) >= 11 is 0. The number of benzene rings is 1. The lowest BCUT2D eigenvalue weighted by molar-refractivity contribution is -0.141. The number of rotatable bonds is 5. The summed E-state index contributed by atoms with van der Waals surface area (Å²) in [5.41, 5.74) is 2.68. The third-order valence-electron chi connectivity index (χ3n) is 4.93. The van der Waals surface area contributed by atoms with E-state index in [1.165, 1.54) is 0 Å². The Morgan fingerprint density at radius 2 is 2.09 bits per heavy atom. The predicted molar refractivity (Wildman–Crippen MR) is 85.6 cm³/mol. The van der Waals surface area contributed by atoms with Crippen molar-refractivity contribution < 1.29 is 19.7 Å². The van der Waals surface area contributed by atoms with Crippen molar-refractivity contribution in [3.63, 3.8) is 0 Å². The van der Waals surface area contributed by atoms with E-state index in [1.54, 1.807) is 6.92 Å². The maximum absolute atomic E-state index is 10.9. The van der Waals surface area contributed by atoms with Crippen LogP contribution in [0.15, 0.2) is 6.07 Å². The highest BCUT2D eigenvalue weighted by atomic mass is 16.5. The fourth-order valence-corrected chi connectivity index (χ4v) is 3.05. The van der Waals surface area contributed by atoms with Crippen LogP contribution >= 0.6 is 0 Å². The number of aromatic hydroxyl groups is 1. The fourth-order valence-electron chi connectivity index (χ4n) is 3.05. The number of carboxylic acid groups (broad SMARTS) is 1. The Hall–Kier alpha value is -1.71. The lowest BCUT2D eigenvalue weighted by atomic mass is 9.86. The molecule has 4 heteroatoms. The van der Waals surface area contributed by atoms with Gasteiger partial charge in [-0.1, -0.05) is 6.92 Å². The Kier molecular flexibility index (Phi) is 4.69. The quantitative estimate of drug-likeness (QED) is 0.863. The van der Waals surface area contributed by atoms with Crippen LogP contribution in [0.2, 0.25) is 0 Å². The molecule has 1 heterocycles. The van der Waals surface area contributed by atoms with Gasteiger partial charge in [-0.3, -0.25) is 4.79 Å². The Labute approximate surface area is 132 Å². The normalized spacial score (nSPS) is 21.8. The van der Waals surface area contributed by atoms with Crippen molar-refractivity contribution in [3.8, 4) is 11.5 Å². The second kappa shape index (κ2) is 6.19. The van der Waals surface area contributed by atoms with E-state index in [0.717, 1.165) is 48.1 Å². The van der Waals surface area contributed by atoms with Gasteiger partial charge in [0.05, 0.1) is 5.92 Å². The molecule has 2 N–H and O–H groups in total. The third kappa shape index (κ3) is 3.37. The van der Waals surface area contributed by atoms with Gasteiger partial charge in [0.25, 0.3) is 0 Å². The second-order valence-electron chi connectivity index (χ2n) is 6.82. The molecule has 0 radical (unpaired) electrons. The van der Waals surface area contributed by atoms with Gasteiger partial charge >= 0.3 is 5.97 Å². The zero-order valence-corrected chi connectivity index (χ0v) is 13.9. The minimum atomic E-state index is -0.734. The molecule has 1 aromatic carbocycles. The summed E-state index contributed by atoms with van der Waals surface area (Å²) in [4.78, 5) is 10.9. The van der Waals surface area contributed by atoms with E-state index in [9.17, 15) is 9.90 Å². The van der Waals surface area contributed by atoms with Crippen molar-refractivity contribution >= 4 is 5.97 Å². The largest absolute Gasteiger partial charge is 0.508 e. The molecule has 2 rings (SSSR count). The van der Waals surface area contributed by atoms with Crippen molar-refractivity contribution in [2.24, 2.45) is 5.92 Å². The molecule has 2 atom stereocenters. The molecule has 122 valence electrons. The Morgan fingerprint density at radius 3 is 2.73 bits per heavy atom. The highest BCUT2D eigenvalue weighted by Gasteiger charge is 2.33. The Bertz CT molecular complexity index is 579. The monoisotopic (exact) mass is 306 g/mol. The molecule has 1 aromatic rings. The zero-order chi connectivity index (χ0) is 16.5. The standard InChI is InChI=1S/C18H26O4/c1-11(17(20)21)6-5-8-18(4)9-7-14-10-15(19)12(2)13(3)16(14)22-18/h10-11,19H,5-9H2,1-4H3,(H,20,21)/t11?,18-/m1/s1. The van der Waals surface area contributed by atoms with Crippen LogP contribution in [0, 0.1) is 19.8 Å². The summed E-state index contributed by atoms with van der Waals surface area (Å²) in [5, 5.41) is 18.9. The minimum absolute atomic E-state index is 0.251. The lowest BCUT2D eigenvalue weighted by Crippen LogP contribution is -2.36. The molecular weight excluding hydrogens is 280 g/mol. The molecule has 0 aliphatic carbocycles. The van der Waals surface area contributed by atoms with Gasteiger partial charge in [0.2, 0.25) is 0 Å². The van der Waals surface area contributed by atoms with E-state index >= 15 is 0 Å². The number of hydrogen-bond acceptors (Lipinski definition) is 3. The van der Waals surface area contributed by atoms with Gasteiger partial charge in [0, 0.05) is 0 Å². The summed E-state index contributed by atoms with van der Waals surface area (Å²) in [6.07, 6.45) is 4.14. The molecule has 0 saturated heterocycles. The van der Waals surface area contributed by atoms with Crippen LogP contribution in [0.3, 0.4) is 0 Å². The summed E-state index contributed by atoms with van der Waals surface area (Å²) in [5.74, 6) is 0.191. The van der Waals surface area contributed by atoms with Gasteiger partial charge in [-0.2, -0.15) is 0 Å². The van der Waals surface area contributed by atoms with Crippen molar-refractivity contribution in [2.45, 2.75) is 65.4 Å². The van der Waals surface area contributed by atoms with Gasteiger partial charge in [-0.05, 0) is 75.6 Å². The third-order valence-corrected chi connectivity index (χ3v) is 4.93. The number of hydrogen-bond donors (Lipinski definition) is 2. The molecule has 0 amide bonds. The number of aliphatic carboxylic acids is 1. The first kappa shape index (κ1) is 16.7. The van der Waals surface area contributed by atoms with E-state index < -0.39 is 5.97 Å². The van der Waals surface area contributed by atoms with Crippen LogP contribution in [0.1, 0.15) is 56.2 Å². The lowest BCUT2D eigenvalue weighted by Gasteiger charge is -2.37. The molecule has 0 bridgehead atoms. The van der Waals surface area contributed by atoms with E-state index in [-0.39, 0.29) is 11.5 Å². The van der Waals surface area contributed by atoms with Crippen LogP contribution in [0.4, 0.5) is 0 Å².